The van der Waals surface area contributed by atoms with E-state index in [0.29, 0.717) is 0 Å². The van der Waals surface area contributed by atoms with Crippen LogP contribution in [0.3, 0.4) is 0 Å². The van der Waals surface area contributed by atoms with Gasteiger partial charge in [-0.3, -0.25) is 0 Å². The molecule has 0 aliphatic carbocycles. The highest BCUT2D eigenvalue weighted by molar-refractivity contribution is 7.09. The van der Waals surface area contributed by atoms with E-state index in [0.717, 1.165) is 19.0 Å². The van der Waals surface area contributed by atoms with E-state index in [1.54, 1.807) is 11.3 Å². The number of nitrogens with one attached hydrogen (secondary N) is 1. The number of hydrogen-bond donors (Lipinski definition) is 1. The monoisotopic (exact) mass is 268 g/mol. The van der Waals surface area contributed by atoms with Gasteiger partial charge < -0.3 is 5.32 Å². The Morgan fingerprint density at radius 2 is 2.00 bits per heavy atom. The minimum Gasteiger partial charge on any atom is -0.311 e. The molecule has 0 saturated heterocycles. The molecule has 18 heavy (non-hydrogen) atoms. The number of thiazole rings is 1. The minimum absolute atomic E-state index is 0.181. The van der Waals surface area contributed by atoms with Gasteiger partial charge in [0.1, 0.15) is 0 Å². The summed E-state index contributed by atoms with van der Waals surface area (Å²) in [5.74, 6) is 0.831. The van der Waals surface area contributed by atoms with E-state index in [1.165, 1.54) is 30.0 Å². The zero-order valence-electron chi connectivity index (χ0n) is 12.5. The molecule has 1 heterocycles. The van der Waals surface area contributed by atoms with Crippen molar-refractivity contribution in [1.29, 1.82) is 0 Å². The molecule has 1 rings (SSSR count). The Bertz CT molecular complexity index is 337. The van der Waals surface area contributed by atoms with Gasteiger partial charge in [-0.2, -0.15) is 0 Å². The Hall–Kier alpha value is -0.410. The molecule has 2 nitrogen and oxygen atoms in total. The zero-order chi connectivity index (χ0) is 13.6. The third-order valence-electron chi connectivity index (χ3n) is 2.88. The fourth-order valence-electron chi connectivity index (χ4n) is 1.75. The number of nitrogens with zero attached hydrogens (tertiary/aromatic N) is 1. The second-order valence-electron chi connectivity index (χ2n) is 6.46. The fourth-order valence-corrected chi connectivity index (χ4v) is 2.66. The van der Waals surface area contributed by atoms with Crippen LogP contribution in [0, 0.1) is 5.92 Å². The van der Waals surface area contributed by atoms with Gasteiger partial charge in [0.05, 0.1) is 10.7 Å². The summed E-state index contributed by atoms with van der Waals surface area (Å²) in [4.78, 5) is 4.68. The van der Waals surface area contributed by atoms with Crippen molar-refractivity contribution in [2.24, 2.45) is 5.92 Å². The van der Waals surface area contributed by atoms with E-state index in [1.807, 2.05) is 0 Å². The third-order valence-corrected chi connectivity index (χ3v) is 4.20. The second-order valence-corrected chi connectivity index (χ2v) is 7.32. The van der Waals surface area contributed by atoms with Gasteiger partial charge in [0.25, 0.3) is 0 Å². The molecule has 0 radical (unpaired) electrons. The van der Waals surface area contributed by atoms with Gasteiger partial charge in [0, 0.05) is 17.3 Å². The van der Waals surface area contributed by atoms with Crippen molar-refractivity contribution in [3.63, 3.8) is 0 Å². The quantitative estimate of drug-likeness (QED) is 0.743. The average Bonchev–Trinajstić information content (AvgIpc) is 2.71. The van der Waals surface area contributed by atoms with Crippen LogP contribution in [0.1, 0.15) is 64.6 Å². The number of hydrogen-bond acceptors (Lipinski definition) is 3. The summed E-state index contributed by atoms with van der Waals surface area (Å²) in [5.41, 5.74) is 1.37. The Balaban J connectivity index is 2.18. The van der Waals surface area contributed by atoms with Gasteiger partial charge in [0.2, 0.25) is 0 Å². The van der Waals surface area contributed by atoms with Crippen molar-refractivity contribution in [2.45, 2.75) is 65.8 Å². The van der Waals surface area contributed by atoms with Crippen molar-refractivity contribution in [3.05, 3.63) is 16.1 Å². The third kappa shape index (κ3) is 5.96. The predicted octanol–water partition coefficient (Wildman–Crippen LogP) is 4.36. The molecule has 0 fully saturated rings. The summed E-state index contributed by atoms with van der Waals surface area (Å²) in [5, 5.41) is 6.90. The Kier molecular flexibility index (Phi) is 6.30. The molecule has 1 N–H and O–H groups in total. The maximum Gasteiger partial charge on any atom is 0.0982 e. The van der Waals surface area contributed by atoms with Crippen LogP contribution < -0.4 is 5.32 Å². The maximum absolute atomic E-state index is 4.68. The largest absolute Gasteiger partial charge is 0.311 e. The average molecular weight is 268 g/mol. The summed E-state index contributed by atoms with van der Waals surface area (Å²) < 4.78 is 0. The lowest BCUT2D eigenvalue weighted by molar-refractivity contribution is 0.519. The highest BCUT2D eigenvalue weighted by Gasteiger charge is 2.17. The van der Waals surface area contributed by atoms with Crippen LogP contribution in [0.2, 0.25) is 0 Å². The molecule has 1 aromatic rings. The van der Waals surface area contributed by atoms with Crippen molar-refractivity contribution in [3.8, 4) is 0 Å². The predicted molar refractivity (Wildman–Crippen MR) is 81.2 cm³/mol. The number of rotatable bonds is 7. The lowest BCUT2D eigenvalue weighted by Gasteiger charge is -2.13. The zero-order valence-corrected chi connectivity index (χ0v) is 13.4. The van der Waals surface area contributed by atoms with Crippen molar-refractivity contribution in [1.82, 2.24) is 10.3 Å². The van der Waals surface area contributed by atoms with E-state index in [2.05, 4.69) is 50.3 Å². The Labute approximate surface area is 116 Å². The molecular weight excluding hydrogens is 240 g/mol. The van der Waals surface area contributed by atoms with Gasteiger partial charge in [-0.25, -0.2) is 4.98 Å². The smallest absolute Gasteiger partial charge is 0.0982 e. The molecule has 0 atom stereocenters. The van der Waals surface area contributed by atoms with E-state index >= 15 is 0 Å². The SMILES string of the molecule is CC(C)CCCCNCc1csc(C(C)(C)C)n1. The van der Waals surface area contributed by atoms with Crippen molar-refractivity contribution < 1.29 is 0 Å². The summed E-state index contributed by atoms with van der Waals surface area (Å²) in [6.45, 7) is 13.2. The summed E-state index contributed by atoms with van der Waals surface area (Å²) >= 11 is 1.78. The number of aromatic nitrogens is 1. The van der Waals surface area contributed by atoms with E-state index in [9.17, 15) is 0 Å². The normalized spacial score (nSPS) is 12.3. The van der Waals surface area contributed by atoms with Gasteiger partial charge in [0.15, 0.2) is 0 Å². The van der Waals surface area contributed by atoms with Crippen LogP contribution >= 0.6 is 11.3 Å². The first kappa shape index (κ1) is 15.6. The highest BCUT2D eigenvalue weighted by atomic mass is 32.1. The Morgan fingerprint density at radius 1 is 1.28 bits per heavy atom. The lowest BCUT2D eigenvalue weighted by atomic mass is 9.98. The number of unbranched alkanes of at least 4 members (excludes halogenated alkanes) is 1. The maximum atomic E-state index is 4.68. The second kappa shape index (κ2) is 7.25. The summed E-state index contributed by atoms with van der Waals surface area (Å²) in [6.07, 6.45) is 3.94. The first-order valence-corrected chi connectivity index (χ1v) is 7.93. The fraction of sp³-hybridized carbons (Fsp3) is 0.800. The standard InChI is InChI=1S/C15H28N2S/c1-12(2)8-6-7-9-16-10-13-11-18-14(17-13)15(3,4)5/h11-12,16H,6-10H2,1-5H3. The van der Waals surface area contributed by atoms with Gasteiger partial charge in [-0.15, -0.1) is 11.3 Å². The molecule has 1 aromatic heterocycles. The van der Waals surface area contributed by atoms with Crippen LogP contribution in [0.15, 0.2) is 5.38 Å². The first-order valence-electron chi connectivity index (χ1n) is 7.05. The van der Waals surface area contributed by atoms with E-state index in [-0.39, 0.29) is 5.41 Å². The van der Waals surface area contributed by atoms with Crippen LogP contribution in [0.25, 0.3) is 0 Å². The summed E-state index contributed by atoms with van der Waals surface area (Å²) in [6, 6.07) is 0. The van der Waals surface area contributed by atoms with Crippen LogP contribution in [-0.4, -0.2) is 11.5 Å². The molecule has 0 aromatic carbocycles. The highest BCUT2D eigenvalue weighted by Crippen LogP contribution is 2.25. The van der Waals surface area contributed by atoms with E-state index < -0.39 is 0 Å². The molecule has 0 bridgehead atoms. The first-order chi connectivity index (χ1) is 8.39. The molecule has 104 valence electrons. The molecule has 0 amide bonds. The Morgan fingerprint density at radius 3 is 2.56 bits per heavy atom. The molecule has 3 heteroatoms. The summed E-state index contributed by atoms with van der Waals surface area (Å²) in [7, 11) is 0. The minimum atomic E-state index is 0.181. The van der Waals surface area contributed by atoms with E-state index in [4.69, 9.17) is 0 Å². The molecule has 0 unspecified atom stereocenters. The van der Waals surface area contributed by atoms with Gasteiger partial charge in [-0.05, 0) is 18.9 Å². The lowest BCUT2D eigenvalue weighted by Crippen LogP contribution is -2.16. The molecule has 0 aliphatic heterocycles. The van der Waals surface area contributed by atoms with Crippen molar-refractivity contribution in [2.75, 3.05) is 6.54 Å². The molecule has 0 spiro atoms. The van der Waals surface area contributed by atoms with Crippen LogP contribution in [0.5, 0.6) is 0 Å². The van der Waals surface area contributed by atoms with Crippen LogP contribution in [-0.2, 0) is 12.0 Å². The molecule has 0 aliphatic rings. The topological polar surface area (TPSA) is 24.9 Å². The van der Waals surface area contributed by atoms with Gasteiger partial charge >= 0.3 is 0 Å². The molecule has 0 saturated carbocycles. The van der Waals surface area contributed by atoms with Gasteiger partial charge in [-0.1, -0.05) is 47.5 Å². The van der Waals surface area contributed by atoms with Crippen LogP contribution in [0.4, 0.5) is 0 Å². The molecular formula is C15H28N2S. The van der Waals surface area contributed by atoms with Crippen molar-refractivity contribution >= 4 is 11.3 Å².